The van der Waals surface area contributed by atoms with Gasteiger partial charge in [0.2, 0.25) is 15.9 Å². The molecule has 1 amide bonds. The highest BCUT2D eigenvalue weighted by Gasteiger charge is 2.33. The van der Waals surface area contributed by atoms with Gasteiger partial charge in [-0.1, -0.05) is 13.3 Å². The van der Waals surface area contributed by atoms with Crippen LogP contribution in [0.4, 0.5) is 0 Å². The largest absolute Gasteiger partial charge is 0.497 e. The molecule has 2 unspecified atom stereocenters. The summed E-state index contributed by atoms with van der Waals surface area (Å²) < 4.78 is 32.0. The van der Waals surface area contributed by atoms with E-state index in [0.29, 0.717) is 31.6 Å². The number of unbranched alkanes of at least 4 members (excludes halogenated alkanes) is 1. The number of benzene rings is 1. The Morgan fingerprint density at radius 3 is 2.59 bits per heavy atom. The molecule has 7 nitrogen and oxygen atoms in total. The molecule has 9 heteroatoms. The number of aliphatic hydroxyl groups excluding tert-OH is 1. The minimum absolute atomic E-state index is 0. The lowest BCUT2D eigenvalue weighted by Gasteiger charge is -2.25. The normalized spacial score (nSPS) is 21.0. The molecule has 0 radical (unpaired) electrons. The van der Waals surface area contributed by atoms with Crippen molar-refractivity contribution >= 4 is 28.3 Å². The molecule has 1 aromatic carbocycles. The molecule has 1 fully saturated rings. The van der Waals surface area contributed by atoms with Gasteiger partial charge in [0.15, 0.2) is 0 Å². The molecule has 2 rings (SSSR count). The first-order chi connectivity index (χ1) is 12.4. The van der Waals surface area contributed by atoms with E-state index in [0.717, 1.165) is 12.8 Å². The number of halogens is 1. The number of sulfonamides is 1. The maximum absolute atomic E-state index is 12.8. The van der Waals surface area contributed by atoms with Crippen LogP contribution < -0.4 is 10.1 Å². The van der Waals surface area contributed by atoms with Crippen LogP contribution in [0.15, 0.2) is 29.2 Å². The molecule has 1 aliphatic heterocycles. The lowest BCUT2D eigenvalue weighted by molar-refractivity contribution is -0.122. The number of methoxy groups -OCH3 is 1. The van der Waals surface area contributed by atoms with E-state index in [1.165, 1.54) is 23.5 Å². The molecular weight excluding hydrogens is 392 g/mol. The van der Waals surface area contributed by atoms with E-state index in [2.05, 4.69) is 5.32 Å². The summed E-state index contributed by atoms with van der Waals surface area (Å²) in [6, 6.07) is 5.76. The van der Waals surface area contributed by atoms with Gasteiger partial charge < -0.3 is 15.2 Å². The summed E-state index contributed by atoms with van der Waals surface area (Å²) in [4.78, 5) is 12.1. The van der Waals surface area contributed by atoms with Crippen LogP contribution in [0.25, 0.3) is 0 Å². The molecule has 0 spiro atoms. The van der Waals surface area contributed by atoms with Crippen LogP contribution in [0.3, 0.4) is 0 Å². The zero-order valence-corrected chi connectivity index (χ0v) is 17.4. The Morgan fingerprint density at radius 2 is 2.00 bits per heavy atom. The Balaban J connectivity index is 0.00000364. The summed E-state index contributed by atoms with van der Waals surface area (Å²) in [5.74, 6) is 0.483. The molecule has 1 saturated heterocycles. The van der Waals surface area contributed by atoms with Crippen molar-refractivity contribution in [2.75, 3.05) is 20.2 Å². The van der Waals surface area contributed by atoms with Crippen molar-refractivity contribution in [1.82, 2.24) is 9.62 Å². The molecule has 0 aliphatic carbocycles. The highest BCUT2D eigenvalue weighted by molar-refractivity contribution is 7.89. The van der Waals surface area contributed by atoms with Crippen molar-refractivity contribution in [2.45, 2.75) is 56.1 Å². The smallest absolute Gasteiger partial charge is 0.243 e. The van der Waals surface area contributed by atoms with Gasteiger partial charge in [0.25, 0.3) is 0 Å². The molecule has 0 bridgehead atoms. The number of carbonyl (C=O) groups is 1. The maximum Gasteiger partial charge on any atom is 0.243 e. The SMILES string of the molecule is CCCCC(=O)NC1CCCN(S(=O)(=O)c2ccc(OC)cc2)CC1O.Cl. The molecule has 2 atom stereocenters. The first kappa shape index (κ1) is 23.7. The summed E-state index contributed by atoms with van der Waals surface area (Å²) in [6.07, 6.45) is 2.34. The van der Waals surface area contributed by atoms with Crippen molar-refractivity contribution in [3.05, 3.63) is 24.3 Å². The zero-order valence-electron chi connectivity index (χ0n) is 15.8. The standard InChI is InChI=1S/C18H28N2O5S.ClH/c1-3-4-7-18(22)19-16-6-5-12-20(13-17(16)21)26(23,24)15-10-8-14(25-2)9-11-15;/h8-11,16-17,21H,3-7,12-13H2,1-2H3,(H,19,22);1H. The third kappa shape index (κ3) is 6.34. The lowest BCUT2D eigenvalue weighted by atomic mass is 10.1. The Labute approximate surface area is 167 Å². The average Bonchev–Trinajstić information content (AvgIpc) is 2.82. The van der Waals surface area contributed by atoms with E-state index in [1.807, 2.05) is 6.92 Å². The van der Waals surface area contributed by atoms with Gasteiger partial charge in [0.1, 0.15) is 5.75 Å². The van der Waals surface area contributed by atoms with Crippen molar-refractivity contribution in [1.29, 1.82) is 0 Å². The number of rotatable bonds is 7. The first-order valence-electron chi connectivity index (χ1n) is 9.00. The topological polar surface area (TPSA) is 95.9 Å². The quantitative estimate of drug-likeness (QED) is 0.702. The number of β-amino-alcohol motifs (C(OH)–C–C–N with tert-alkyl or cyclic N) is 1. The van der Waals surface area contributed by atoms with Gasteiger partial charge in [-0.25, -0.2) is 8.42 Å². The van der Waals surface area contributed by atoms with Gasteiger partial charge >= 0.3 is 0 Å². The third-order valence-electron chi connectivity index (χ3n) is 4.58. The van der Waals surface area contributed by atoms with E-state index < -0.39 is 22.2 Å². The molecular formula is C18H29ClN2O5S. The van der Waals surface area contributed by atoms with Crippen LogP contribution in [0.2, 0.25) is 0 Å². The van der Waals surface area contributed by atoms with Crippen LogP contribution in [-0.4, -0.2) is 56.1 Å². The van der Waals surface area contributed by atoms with E-state index in [1.54, 1.807) is 12.1 Å². The maximum atomic E-state index is 12.8. The number of amides is 1. The van der Waals surface area contributed by atoms with Crippen LogP contribution in [-0.2, 0) is 14.8 Å². The minimum atomic E-state index is -3.70. The first-order valence-corrected chi connectivity index (χ1v) is 10.4. The van der Waals surface area contributed by atoms with Gasteiger partial charge in [0, 0.05) is 19.5 Å². The highest BCUT2D eigenvalue weighted by Crippen LogP contribution is 2.23. The molecule has 0 aromatic heterocycles. The summed E-state index contributed by atoms with van der Waals surface area (Å²) in [5.41, 5.74) is 0. The van der Waals surface area contributed by atoms with Crippen LogP contribution in [0.5, 0.6) is 5.75 Å². The van der Waals surface area contributed by atoms with Crippen molar-refractivity contribution in [3.63, 3.8) is 0 Å². The number of hydrogen-bond acceptors (Lipinski definition) is 5. The second-order valence-electron chi connectivity index (χ2n) is 6.53. The van der Waals surface area contributed by atoms with Crippen molar-refractivity contribution < 1.29 is 23.1 Å². The Hall–Kier alpha value is -1.35. The number of ether oxygens (including phenoxy) is 1. The minimum Gasteiger partial charge on any atom is -0.497 e. The lowest BCUT2D eigenvalue weighted by Crippen LogP contribution is -2.47. The fraction of sp³-hybridized carbons (Fsp3) is 0.611. The van der Waals surface area contributed by atoms with E-state index in [9.17, 15) is 18.3 Å². The second kappa shape index (κ2) is 10.8. The van der Waals surface area contributed by atoms with Gasteiger partial charge in [-0.2, -0.15) is 4.31 Å². The summed E-state index contributed by atoms with van der Waals surface area (Å²) in [6.45, 7) is 2.29. The number of aliphatic hydroxyl groups is 1. The molecule has 1 aromatic rings. The Morgan fingerprint density at radius 1 is 1.33 bits per heavy atom. The fourth-order valence-electron chi connectivity index (χ4n) is 3.01. The zero-order chi connectivity index (χ0) is 19.2. The monoisotopic (exact) mass is 420 g/mol. The van der Waals surface area contributed by atoms with E-state index >= 15 is 0 Å². The summed E-state index contributed by atoms with van der Waals surface area (Å²) in [5, 5.41) is 13.3. The van der Waals surface area contributed by atoms with Crippen LogP contribution in [0.1, 0.15) is 39.0 Å². The van der Waals surface area contributed by atoms with E-state index in [4.69, 9.17) is 4.74 Å². The van der Waals surface area contributed by atoms with E-state index in [-0.39, 0.29) is 29.8 Å². The molecule has 0 saturated carbocycles. The predicted octanol–water partition coefficient (Wildman–Crippen LogP) is 1.94. The molecule has 1 aliphatic rings. The third-order valence-corrected chi connectivity index (χ3v) is 6.46. The summed E-state index contributed by atoms with van der Waals surface area (Å²) in [7, 11) is -2.19. The van der Waals surface area contributed by atoms with Gasteiger partial charge in [-0.05, 0) is 43.5 Å². The predicted molar refractivity (Wildman–Crippen MR) is 106 cm³/mol. The van der Waals surface area contributed by atoms with Crippen LogP contribution >= 0.6 is 12.4 Å². The molecule has 27 heavy (non-hydrogen) atoms. The number of nitrogens with one attached hydrogen (secondary N) is 1. The van der Waals surface area contributed by atoms with Gasteiger partial charge in [0.05, 0.1) is 24.2 Å². The van der Waals surface area contributed by atoms with Crippen molar-refractivity contribution in [2.24, 2.45) is 0 Å². The van der Waals surface area contributed by atoms with Gasteiger partial charge in [-0.3, -0.25) is 4.79 Å². The second-order valence-corrected chi connectivity index (χ2v) is 8.46. The summed E-state index contributed by atoms with van der Waals surface area (Å²) >= 11 is 0. The van der Waals surface area contributed by atoms with Crippen LogP contribution in [0, 0.1) is 0 Å². The van der Waals surface area contributed by atoms with Gasteiger partial charge in [-0.15, -0.1) is 12.4 Å². The number of nitrogens with zero attached hydrogens (tertiary/aromatic N) is 1. The Bertz CT molecular complexity index is 696. The molecule has 154 valence electrons. The average molecular weight is 421 g/mol. The number of carbonyl (C=O) groups excluding carboxylic acids is 1. The molecule has 1 heterocycles. The fourth-order valence-corrected chi connectivity index (χ4v) is 4.50. The Kier molecular flexibility index (Phi) is 9.52. The highest BCUT2D eigenvalue weighted by atomic mass is 35.5. The molecule has 2 N–H and O–H groups in total. The van der Waals surface area contributed by atoms with Crippen molar-refractivity contribution in [3.8, 4) is 5.75 Å². The number of hydrogen-bond donors (Lipinski definition) is 2.